The number of nitrogens with zero attached hydrogens (tertiary/aromatic N) is 1. The molecule has 0 spiro atoms. The fourth-order valence-corrected chi connectivity index (χ4v) is 2.90. The zero-order valence-corrected chi connectivity index (χ0v) is 11.2. The fraction of sp³-hybridized carbons (Fsp3) is 0.214. The minimum atomic E-state index is -0.0715. The molecule has 2 heterocycles. The van der Waals surface area contributed by atoms with Crippen LogP contribution >= 0.6 is 11.3 Å². The Morgan fingerprint density at radius 3 is 2.89 bits per heavy atom. The van der Waals surface area contributed by atoms with Crippen molar-refractivity contribution in [3.05, 3.63) is 48.0 Å². The molecular weight excluding hydrogens is 244 g/mol. The zero-order valence-electron chi connectivity index (χ0n) is 10.4. The number of aromatic nitrogens is 1. The van der Waals surface area contributed by atoms with Crippen LogP contribution in [0.4, 0.5) is 0 Å². The molecule has 2 aromatic heterocycles. The topological polar surface area (TPSA) is 34.0 Å². The van der Waals surface area contributed by atoms with Crippen molar-refractivity contribution in [3.63, 3.8) is 0 Å². The molecule has 18 heavy (non-hydrogen) atoms. The molecule has 0 saturated heterocycles. The van der Waals surface area contributed by atoms with Gasteiger partial charge in [0.05, 0.1) is 10.2 Å². The van der Waals surface area contributed by atoms with E-state index in [9.17, 15) is 4.79 Å². The highest BCUT2D eigenvalue weighted by Gasteiger charge is 2.15. The van der Waals surface area contributed by atoms with Crippen molar-refractivity contribution in [2.75, 3.05) is 6.54 Å². The summed E-state index contributed by atoms with van der Waals surface area (Å²) in [7, 11) is 0. The number of fused-ring (bicyclic) bond motifs is 1. The van der Waals surface area contributed by atoms with Gasteiger partial charge in [0.2, 0.25) is 0 Å². The Labute approximate surface area is 110 Å². The predicted octanol–water partition coefficient (Wildman–Crippen LogP) is 3.11. The second-order valence-electron chi connectivity index (χ2n) is 4.03. The van der Waals surface area contributed by atoms with Gasteiger partial charge in [0, 0.05) is 18.0 Å². The fourth-order valence-electron chi connectivity index (χ4n) is 1.93. The largest absolute Gasteiger partial charge is 0.347 e. The zero-order chi connectivity index (χ0) is 13.1. The first-order valence-electron chi connectivity index (χ1n) is 5.77. The summed E-state index contributed by atoms with van der Waals surface area (Å²) in [5.41, 5.74) is 1.78. The van der Waals surface area contributed by atoms with E-state index in [2.05, 4.69) is 31.5 Å². The lowest BCUT2D eigenvalue weighted by Crippen LogP contribution is -2.25. The molecule has 0 aromatic carbocycles. The second-order valence-corrected chi connectivity index (χ2v) is 5.32. The third-order valence-corrected chi connectivity index (χ3v) is 3.65. The molecule has 94 valence electrons. The quantitative estimate of drug-likeness (QED) is 0.823. The molecule has 3 nitrogen and oxygen atoms in total. The lowest BCUT2D eigenvalue weighted by atomic mass is 10.4. The summed E-state index contributed by atoms with van der Waals surface area (Å²) < 4.78 is 3.13. The van der Waals surface area contributed by atoms with Crippen molar-refractivity contribution in [1.29, 1.82) is 0 Å². The maximum Gasteiger partial charge on any atom is 0.268 e. The van der Waals surface area contributed by atoms with Gasteiger partial charge in [-0.25, -0.2) is 0 Å². The molecule has 2 aromatic rings. The van der Waals surface area contributed by atoms with E-state index in [0.29, 0.717) is 18.8 Å². The molecule has 0 saturated carbocycles. The van der Waals surface area contributed by atoms with Crippen molar-refractivity contribution in [1.82, 2.24) is 9.88 Å². The molecule has 0 fully saturated rings. The summed E-state index contributed by atoms with van der Waals surface area (Å²) in [5, 5.41) is 2.81. The van der Waals surface area contributed by atoms with Gasteiger partial charge in [-0.1, -0.05) is 12.2 Å². The average molecular weight is 260 g/mol. The molecule has 0 unspecified atom stereocenters. The predicted molar refractivity (Wildman–Crippen MR) is 77.3 cm³/mol. The number of nitrogens with one attached hydrogen (secondary N) is 1. The molecule has 0 radical (unpaired) electrons. The van der Waals surface area contributed by atoms with E-state index in [1.165, 1.54) is 4.88 Å². The summed E-state index contributed by atoms with van der Waals surface area (Å²) >= 11 is 1.70. The van der Waals surface area contributed by atoms with Crippen LogP contribution in [-0.4, -0.2) is 17.0 Å². The molecule has 0 bridgehead atoms. The highest BCUT2D eigenvalue weighted by molar-refractivity contribution is 7.19. The Hall–Kier alpha value is -1.81. The molecule has 2 rings (SSSR count). The molecule has 0 aliphatic heterocycles. The smallest absolute Gasteiger partial charge is 0.268 e. The van der Waals surface area contributed by atoms with Gasteiger partial charge in [-0.05, 0) is 19.1 Å². The van der Waals surface area contributed by atoms with Crippen LogP contribution in [-0.2, 0) is 6.54 Å². The maximum atomic E-state index is 12.0. The van der Waals surface area contributed by atoms with E-state index in [1.54, 1.807) is 23.5 Å². The number of thiophene rings is 1. The van der Waals surface area contributed by atoms with Gasteiger partial charge in [-0.3, -0.25) is 4.79 Å². The Morgan fingerprint density at radius 1 is 1.44 bits per heavy atom. The van der Waals surface area contributed by atoms with Crippen LogP contribution in [0.1, 0.15) is 15.4 Å². The Kier molecular flexibility index (Phi) is 3.67. The number of amides is 1. The minimum Gasteiger partial charge on any atom is -0.347 e. The van der Waals surface area contributed by atoms with Gasteiger partial charge in [-0.15, -0.1) is 24.5 Å². The summed E-state index contributed by atoms with van der Waals surface area (Å²) in [6.07, 6.45) is 3.47. The Morgan fingerprint density at radius 2 is 2.22 bits per heavy atom. The first-order valence-corrected chi connectivity index (χ1v) is 6.58. The van der Waals surface area contributed by atoms with Crippen LogP contribution in [0.5, 0.6) is 0 Å². The number of rotatable bonds is 5. The van der Waals surface area contributed by atoms with Crippen molar-refractivity contribution in [3.8, 4) is 0 Å². The minimum absolute atomic E-state index is 0.0715. The maximum absolute atomic E-state index is 12.0. The van der Waals surface area contributed by atoms with Gasteiger partial charge in [0.1, 0.15) is 5.69 Å². The van der Waals surface area contributed by atoms with Crippen molar-refractivity contribution >= 4 is 27.5 Å². The van der Waals surface area contributed by atoms with Gasteiger partial charge >= 0.3 is 0 Å². The number of allylic oxidation sites excluding steroid dienone is 1. The first kappa shape index (κ1) is 12.6. The van der Waals surface area contributed by atoms with Crippen LogP contribution < -0.4 is 5.32 Å². The van der Waals surface area contributed by atoms with Gasteiger partial charge in [0.25, 0.3) is 5.91 Å². The van der Waals surface area contributed by atoms with Gasteiger partial charge in [0.15, 0.2) is 0 Å². The monoisotopic (exact) mass is 260 g/mol. The van der Waals surface area contributed by atoms with Crippen molar-refractivity contribution in [2.24, 2.45) is 0 Å². The SMILES string of the molecule is C=CCNC(=O)c1cc2sc(C)cc2n1CC=C. The number of hydrogen-bond donors (Lipinski definition) is 1. The van der Waals surface area contributed by atoms with Crippen LogP contribution in [0.15, 0.2) is 37.4 Å². The molecule has 0 aliphatic rings. The number of carbonyl (C=O) groups is 1. The van der Waals surface area contributed by atoms with E-state index in [-0.39, 0.29) is 5.91 Å². The summed E-state index contributed by atoms with van der Waals surface area (Å²) in [5.74, 6) is -0.0715. The van der Waals surface area contributed by atoms with E-state index in [1.807, 2.05) is 10.6 Å². The van der Waals surface area contributed by atoms with E-state index < -0.39 is 0 Å². The van der Waals surface area contributed by atoms with Crippen molar-refractivity contribution in [2.45, 2.75) is 13.5 Å². The van der Waals surface area contributed by atoms with Gasteiger partial charge < -0.3 is 9.88 Å². The van der Waals surface area contributed by atoms with E-state index in [0.717, 1.165) is 10.2 Å². The molecule has 4 heteroatoms. The van der Waals surface area contributed by atoms with Crippen LogP contribution in [0.25, 0.3) is 10.2 Å². The van der Waals surface area contributed by atoms with E-state index >= 15 is 0 Å². The Bertz CT molecular complexity index is 607. The molecule has 1 amide bonds. The number of aryl methyl sites for hydroxylation is 1. The highest BCUT2D eigenvalue weighted by Crippen LogP contribution is 2.28. The standard InChI is InChI=1S/C14H16N2OS/c1-4-6-15-14(17)12-9-13-11(8-10(3)18-13)16(12)7-5-2/h4-5,8-9H,1-2,6-7H2,3H3,(H,15,17). The number of hydrogen-bond acceptors (Lipinski definition) is 2. The molecule has 1 N–H and O–H groups in total. The van der Waals surface area contributed by atoms with E-state index in [4.69, 9.17) is 0 Å². The summed E-state index contributed by atoms with van der Waals surface area (Å²) in [4.78, 5) is 13.3. The summed E-state index contributed by atoms with van der Waals surface area (Å²) in [6.45, 7) is 10.5. The van der Waals surface area contributed by atoms with Crippen LogP contribution in [0.2, 0.25) is 0 Å². The summed E-state index contributed by atoms with van der Waals surface area (Å²) in [6, 6.07) is 4.04. The van der Waals surface area contributed by atoms with Gasteiger partial charge in [-0.2, -0.15) is 0 Å². The number of carbonyl (C=O) groups excluding carboxylic acids is 1. The lowest BCUT2D eigenvalue weighted by molar-refractivity contribution is 0.0950. The highest BCUT2D eigenvalue weighted by atomic mass is 32.1. The normalized spacial score (nSPS) is 10.5. The van der Waals surface area contributed by atoms with Crippen LogP contribution in [0, 0.1) is 6.92 Å². The average Bonchev–Trinajstić information content (AvgIpc) is 2.84. The molecule has 0 atom stereocenters. The molecule has 0 aliphatic carbocycles. The molecular formula is C14H16N2OS. The second kappa shape index (κ2) is 5.23. The first-order chi connectivity index (χ1) is 8.67. The Balaban J connectivity index is 2.45. The third kappa shape index (κ3) is 2.24. The van der Waals surface area contributed by atoms with Crippen LogP contribution in [0.3, 0.4) is 0 Å². The lowest BCUT2D eigenvalue weighted by Gasteiger charge is -2.07. The third-order valence-electron chi connectivity index (χ3n) is 2.66. The van der Waals surface area contributed by atoms with Crippen molar-refractivity contribution < 1.29 is 4.79 Å².